The second-order valence-corrected chi connectivity index (χ2v) is 5.43. The molecule has 134 valence electrons. The molecule has 0 bridgehead atoms. The molecule has 0 saturated carbocycles. The molecule has 0 aromatic heterocycles. The second-order valence-electron chi connectivity index (χ2n) is 5.43. The van der Waals surface area contributed by atoms with Crippen LogP contribution in [0.4, 0.5) is 9.18 Å². The fourth-order valence-electron chi connectivity index (χ4n) is 2.21. The molecule has 1 aliphatic heterocycles. The van der Waals surface area contributed by atoms with E-state index in [9.17, 15) is 14.3 Å². The topological polar surface area (TPSA) is 83.1 Å². The van der Waals surface area contributed by atoms with Gasteiger partial charge in [0, 0.05) is 32.7 Å². The van der Waals surface area contributed by atoms with Gasteiger partial charge in [-0.2, -0.15) is 0 Å². The third-order valence-electron chi connectivity index (χ3n) is 3.52. The number of aliphatic hydroxyl groups excluding tert-OH is 1. The maximum Gasteiger partial charge on any atom is 0.317 e. The first-order valence-electron chi connectivity index (χ1n) is 8.03. The van der Waals surface area contributed by atoms with Gasteiger partial charge in [-0.05, 0) is 12.1 Å². The summed E-state index contributed by atoms with van der Waals surface area (Å²) in [7, 11) is 0. The molecular weight excluding hydrogens is 317 g/mol. The van der Waals surface area contributed by atoms with E-state index >= 15 is 0 Å². The van der Waals surface area contributed by atoms with Crippen molar-refractivity contribution in [3.8, 4) is 5.75 Å². The van der Waals surface area contributed by atoms with E-state index in [0.29, 0.717) is 45.9 Å². The van der Waals surface area contributed by atoms with Gasteiger partial charge in [0.1, 0.15) is 12.7 Å². The lowest BCUT2D eigenvalue weighted by molar-refractivity contribution is 0.0532. The number of morpholine rings is 1. The molecule has 2 rings (SSSR count). The fourth-order valence-corrected chi connectivity index (χ4v) is 2.21. The molecule has 1 fully saturated rings. The van der Waals surface area contributed by atoms with Gasteiger partial charge in [-0.1, -0.05) is 12.1 Å². The minimum atomic E-state index is -0.764. The van der Waals surface area contributed by atoms with E-state index in [-0.39, 0.29) is 18.4 Å². The average Bonchev–Trinajstić information content (AvgIpc) is 2.61. The maximum absolute atomic E-state index is 13.3. The summed E-state index contributed by atoms with van der Waals surface area (Å²) in [4.78, 5) is 13.5. The highest BCUT2D eigenvalue weighted by molar-refractivity contribution is 5.74. The molecule has 0 radical (unpaired) electrons. The Morgan fingerprint density at radius 2 is 2.08 bits per heavy atom. The lowest BCUT2D eigenvalue weighted by Gasteiger charge is -2.27. The van der Waals surface area contributed by atoms with Crippen molar-refractivity contribution in [2.24, 2.45) is 0 Å². The highest BCUT2D eigenvalue weighted by Crippen LogP contribution is 2.15. The van der Waals surface area contributed by atoms with Gasteiger partial charge in [0.15, 0.2) is 11.6 Å². The number of urea groups is 1. The summed E-state index contributed by atoms with van der Waals surface area (Å²) in [5, 5.41) is 15.6. The fraction of sp³-hybridized carbons (Fsp3) is 0.562. The van der Waals surface area contributed by atoms with E-state index in [0.717, 1.165) is 0 Å². The molecule has 1 heterocycles. The predicted octanol–water partition coefficient (Wildman–Crippen LogP) is 0.197. The molecule has 2 amide bonds. The van der Waals surface area contributed by atoms with Gasteiger partial charge < -0.3 is 30.1 Å². The number of hydrogen-bond donors (Lipinski definition) is 3. The van der Waals surface area contributed by atoms with Crippen molar-refractivity contribution in [2.45, 2.75) is 6.10 Å². The number of nitrogens with one attached hydrogen (secondary N) is 2. The first kappa shape index (κ1) is 18.4. The Morgan fingerprint density at radius 1 is 1.33 bits per heavy atom. The van der Waals surface area contributed by atoms with Crippen molar-refractivity contribution in [3.63, 3.8) is 0 Å². The molecule has 1 atom stereocenters. The minimum absolute atomic E-state index is 0.00588. The van der Waals surface area contributed by atoms with Crippen molar-refractivity contribution < 1.29 is 23.8 Å². The number of aliphatic hydroxyl groups is 1. The van der Waals surface area contributed by atoms with E-state index in [4.69, 9.17) is 9.47 Å². The van der Waals surface area contributed by atoms with Crippen molar-refractivity contribution in [3.05, 3.63) is 30.1 Å². The number of halogens is 1. The van der Waals surface area contributed by atoms with Crippen LogP contribution in [0.15, 0.2) is 24.3 Å². The summed E-state index contributed by atoms with van der Waals surface area (Å²) >= 11 is 0. The van der Waals surface area contributed by atoms with Crippen molar-refractivity contribution in [2.75, 3.05) is 52.5 Å². The van der Waals surface area contributed by atoms with E-state index in [1.807, 2.05) is 0 Å². The summed E-state index contributed by atoms with van der Waals surface area (Å²) in [6.07, 6.45) is -0.764. The van der Waals surface area contributed by atoms with E-state index in [1.165, 1.54) is 12.1 Å². The smallest absolute Gasteiger partial charge is 0.317 e. The van der Waals surface area contributed by atoms with E-state index in [1.54, 1.807) is 17.0 Å². The molecule has 0 unspecified atom stereocenters. The van der Waals surface area contributed by atoms with Gasteiger partial charge in [0.2, 0.25) is 0 Å². The Kier molecular flexibility index (Phi) is 7.73. The zero-order valence-electron chi connectivity index (χ0n) is 13.5. The van der Waals surface area contributed by atoms with Crippen molar-refractivity contribution in [1.82, 2.24) is 15.5 Å². The highest BCUT2D eigenvalue weighted by atomic mass is 19.1. The lowest BCUT2D eigenvalue weighted by atomic mass is 10.3. The first-order valence-corrected chi connectivity index (χ1v) is 8.03. The first-order chi connectivity index (χ1) is 11.7. The second kappa shape index (κ2) is 10.1. The van der Waals surface area contributed by atoms with E-state index in [2.05, 4.69) is 10.6 Å². The summed E-state index contributed by atoms with van der Waals surface area (Å²) in [6, 6.07) is 5.95. The zero-order valence-corrected chi connectivity index (χ0v) is 13.5. The summed E-state index contributed by atoms with van der Waals surface area (Å²) in [5.74, 6) is -0.335. The summed E-state index contributed by atoms with van der Waals surface area (Å²) in [6.45, 7) is 3.61. The van der Waals surface area contributed by atoms with Crippen LogP contribution in [0.25, 0.3) is 0 Å². The van der Waals surface area contributed by atoms with Gasteiger partial charge in [-0.3, -0.25) is 0 Å². The number of hydrogen-bond acceptors (Lipinski definition) is 5. The summed E-state index contributed by atoms with van der Waals surface area (Å²) < 4.78 is 23.8. The van der Waals surface area contributed by atoms with Gasteiger partial charge in [0.05, 0.1) is 13.2 Å². The number of ether oxygens (including phenoxy) is 2. The largest absolute Gasteiger partial charge is 0.488 e. The van der Waals surface area contributed by atoms with Crippen LogP contribution in [0.2, 0.25) is 0 Å². The Labute approximate surface area is 140 Å². The molecule has 7 nitrogen and oxygen atoms in total. The van der Waals surface area contributed by atoms with Gasteiger partial charge in [0.25, 0.3) is 0 Å². The molecule has 0 spiro atoms. The molecule has 24 heavy (non-hydrogen) atoms. The normalized spacial score (nSPS) is 15.8. The van der Waals surface area contributed by atoms with E-state index < -0.39 is 11.9 Å². The standard InChI is InChI=1S/C16H24FN3O4/c17-14-3-1-2-4-15(14)24-12-13(21)11-18-5-6-19-16(22)20-7-9-23-10-8-20/h1-4,13,18,21H,5-12H2,(H,19,22)/t13-/m0/s1. The van der Waals surface area contributed by atoms with Gasteiger partial charge >= 0.3 is 6.03 Å². The Hall–Kier alpha value is -1.90. The lowest BCUT2D eigenvalue weighted by Crippen LogP contribution is -2.47. The molecule has 1 aromatic rings. The monoisotopic (exact) mass is 341 g/mol. The molecule has 1 aromatic carbocycles. The van der Waals surface area contributed by atoms with Crippen LogP contribution in [0.1, 0.15) is 0 Å². The molecular formula is C16H24FN3O4. The maximum atomic E-state index is 13.3. The number of rotatable bonds is 8. The number of carbonyl (C=O) groups is 1. The van der Waals surface area contributed by atoms with Crippen molar-refractivity contribution in [1.29, 1.82) is 0 Å². The van der Waals surface area contributed by atoms with Crippen LogP contribution in [-0.4, -0.2) is 74.7 Å². The highest BCUT2D eigenvalue weighted by Gasteiger charge is 2.15. The van der Waals surface area contributed by atoms with Crippen molar-refractivity contribution >= 4 is 6.03 Å². The van der Waals surface area contributed by atoms with Crippen LogP contribution in [-0.2, 0) is 4.74 Å². The average molecular weight is 341 g/mol. The minimum Gasteiger partial charge on any atom is -0.488 e. The molecule has 0 aliphatic carbocycles. The Morgan fingerprint density at radius 3 is 2.83 bits per heavy atom. The van der Waals surface area contributed by atoms with Gasteiger partial charge in [-0.15, -0.1) is 0 Å². The van der Waals surface area contributed by atoms with Crippen LogP contribution in [0, 0.1) is 5.82 Å². The number of nitrogens with zero attached hydrogens (tertiary/aromatic N) is 1. The molecule has 8 heteroatoms. The van der Waals surface area contributed by atoms with Crippen LogP contribution in [0.3, 0.4) is 0 Å². The number of benzene rings is 1. The Balaban J connectivity index is 1.52. The number of para-hydroxylation sites is 1. The third-order valence-corrected chi connectivity index (χ3v) is 3.52. The van der Waals surface area contributed by atoms with Gasteiger partial charge in [-0.25, -0.2) is 9.18 Å². The molecule has 3 N–H and O–H groups in total. The summed E-state index contributed by atoms with van der Waals surface area (Å²) in [5.41, 5.74) is 0. The third kappa shape index (κ3) is 6.31. The van der Waals surface area contributed by atoms with Crippen LogP contribution < -0.4 is 15.4 Å². The van der Waals surface area contributed by atoms with Crippen LogP contribution in [0.5, 0.6) is 5.75 Å². The SMILES string of the molecule is O=C(NCCNC[C@H](O)COc1ccccc1F)N1CCOCC1. The zero-order chi connectivity index (χ0) is 17.2. The predicted molar refractivity (Wildman–Crippen MR) is 86.6 cm³/mol. The quantitative estimate of drug-likeness (QED) is 0.588. The number of carbonyl (C=O) groups excluding carboxylic acids is 1. The molecule has 1 aliphatic rings. The number of amides is 2. The molecule has 1 saturated heterocycles. The van der Waals surface area contributed by atoms with Crippen LogP contribution >= 0.6 is 0 Å². The Bertz CT molecular complexity index is 512.